The van der Waals surface area contributed by atoms with E-state index in [0.717, 1.165) is 39.0 Å². The summed E-state index contributed by atoms with van der Waals surface area (Å²) in [5.41, 5.74) is 4.04. The number of ether oxygens (including phenoxy) is 2. The van der Waals surface area contributed by atoms with E-state index in [1.807, 2.05) is 77.1 Å². The van der Waals surface area contributed by atoms with Gasteiger partial charge in [0, 0.05) is 6.54 Å². The lowest BCUT2D eigenvalue weighted by molar-refractivity contribution is -0.132. The van der Waals surface area contributed by atoms with Gasteiger partial charge in [-0.2, -0.15) is 0 Å². The van der Waals surface area contributed by atoms with E-state index in [2.05, 4.69) is 44.2 Å². The van der Waals surface area contributed by atoms with Crippen LogP contribution in [-0.4, -0.2) is 63.7 Å². The number of imidazole rings is 1. The van der Waals surface area contributed by atoms with Crippen molar-refractivity contribution < 1.29 is 23.9 Å². The lowest BCUT2D eigenvalue weighted by Gasteiger charge is -2.27. The number of anilines is 1. The van der Waals surface area contributed by atoms with Crippen LogP contribution in [0.4, 0.5) is 14.7 Å². The van der Waals surface area contributed by atoms with Crippen LogP contribution < -0.4 is 10.6 Å². The molecule has 0 fully saturated rings. The SMILES string of the molecule is CCC.CCCN(C(=O)CNC(=O)OC)C(C)c1ncc(-c2ccc(-c3ccc4nc(NC(=O)OC(C)(C)C)sc4c3)cc2)[nH]1. The van der Waals surface area contributed by atoms with Crippen molar-refractivity contribution in [1.82, 2.24) is 25.2 Å². The highest BCUT2D eigenvalue weighted by Gasteiger charge is 2.24. The topological polar surface area (TPSA) is 139 Å². The fourth-order valence-electron chi connectivity index (χ4n) is 4.33. The molecule has 0 spiro atoms. The summed E-state index contributed by atoms with van der Waals surface area (Å²) in [6.07, 6.45) is 2.58. The van der Waals surface area contributed by atoms with Gasteiger partial charge in [-0.3, -0.25) is 10.1 Å². The van der Waals surface area contributed by atoms with Crippen LogP contribution in [0.15, 0.2) is 48.7 Å². The van der Waals surface area contributed by atoms with Gasteiger partial charge < -0.3 is 24.7 Å². The summed E-state index contributed by atoms with van der Waals surface area (Å²) in [6.45, 7) is 14.0. The Bertz CT molecular complexity index is 1570. The molecular formula is C33H44N6O5S. The number of carbonyl (C=O) groups is 3. The number of thiazole rings is 1. The number of hydrogen-bond donors (Lipinski definition) is 3. The summed E-state index contributed by atoms with van der Waals surface area (Å²) in [5, 5.41) is 5.64. The molecule has 2 aromatic heterocycles. The van der Waals surface area contributed by atoms with Gasteiger partial charge in [-0.05, 0) is 62.9 Å². The van der Waals surface area contributed by atoms with Crippen molar-refractivity contribution in [2.45, 2.75) is 73.0 Å². The molecule has 242 valence electrons. The minimum absolute atomic E-state index is 0.152. The molecule has 0 bridgehead atoms. The van der Waals surface area contributed by atoms with E-state index >= 15 is 0 Å². The van der Waals surface area contributed by atoms with E-state index in [1.54, 1.807) is 11.1 Å². The predicted molar refractivity (Wildman–Crippen MR) is 179 cm³/mol. The first-order chi connectivity index (χ1) is 21.4. The zero-order valence-corrected chi connectivity index (χ0v) is 28.1. The number of aromatic nitrogens is 3. The number of alkyl carbamates (subject to hydrolysis) is 1. The Morgan fingerprint density at radius 1 is 1.00 bits per heavy atom. The van der Waals surface area contributed by atoms with E-state index in [4.69, 9.17) is 4.74 Å². The fourth-order valence-corrected chi connectivity index (χ4v) is 5.22. The number of amides is 3. The number of hydrogen-bond acceptors (Lipinski definition) is 8. The third-order valence-electron chi connectivity index (χ3n) is 6.34. The highest BCUT2D eigenvalue weighted by molar-refractivity contribution is 7.22. The van der Waals surface area contributed by atoms with Gasteiger partial charge in [-0.15, -0.1) is 0 Å². The molecule has 0 aliphatic carbocycles. The molecule has 3 amide bonds. The molecule has 0 saturated heterocycles. The van der Waals surface area contributed by atoms with Crippen LogP contribution in [-0.2, 0) is 14.3 Å². The number of methoxy groups -OCH3 is 1. The zero-order chi connectivity index (χ0) is 33.1. The first-order valence-electron chi connectivity index (χ1n) is 15.1. The summed E-state index contributed by atoms with van der Waals surface area (Å²) in [5.74, 6) is 0.433. The van der Waals surface area contributed by atoms with Gasteiger partial charge in [0.05, 0.1) is 35.3 Å². The second-order valence-corrected chi connectivity index (χ2v) is 12.4. The molecule has 12 heteroatoms. The maximum absolute atomic E-state index is 12.8. The largest absolute Gasteiger partial charge is 0.453 e. The number of nitrogens with zero attached hydrogens (tertiary/aromatic N) is 3. The Labute approximate surface area is 268 Å². The van der Waals surface area contributed by atoms with Crippen LogP contribution in [0, 0.1) is 0 Å². The molecule has 45 heavy (non-hydrogen) atoms. The smallest absolute Gasteiger partial charge is 0.413 e. The molecule has 4 aromatic rings. The number of fused-ring (bicyclic) bond motifs is 1. The minimum Gasteiger partial charge on any atom is -0.453 e. The van der Waals surface area contributed by atoms with Gasteiger partial charge in [-0.1, -0.05) is 68.9 Å². The number of nitrogens with one attached hydrogen (secondary N) is 3. The monoisotopic (exact) mass is 636 g/mol. The summed E-state index contributed by atoms with van der Waals surface area (Å²) in [7, 11) is 1.26. The van der Waals surface area contributed by atoms with Gasteiger partial charge in [0.2, 0.25) is 5.91 Å². The third kappa shape index (κ3) is 10.0. The van der Waals surface area contributed by atoms with Crippen molar-refractivity contribution in [1.29, 1.82) is 0 Å². The van der Waals surface area contributed by atoms with Crippen molar-refractivity contribution in [2.75, 3.05) is 25.5 Å². The van der Waals surface area contributed by atoms with Crippen LogP contribution in [0.1, 0.15) is 73.2 Å². The average molecular weight is 637 g/mol. The lowest BCUT2D eigenvalue weighted by Crippen LogP contribution is -2.42. The van der Waals surface area contributed by atoms with Crippen molar-refractivity contribution in [3.63, 3.8) is 0 Å². The van der Waals surface area contributed by atoms with E-state index in [1.165, 1.54) is 24.9 Å². The number of carbonyl (C=O) groups excluding carboxylic acids is 3. The molecular weight excluding hydrogens is 592 g/mol. The van der Waals surface area contributed by atoms with Gasteiger partial charge in [0.15, 0.2) is 5.13 Å². The molecule has 1 atom stereocenters. The molecule has 1 unspecified atom stereocenters. The van der Waals surface area contributed by atoms with Crippen LogP contribution in [0.2, 0.25) is 0 Å². The fraction of sp³-hybridized carbons (Fsp3) is 0.424. The normalized spacial score (nSPS) is 11.6. The molecule has 0 aliphatic heterocycles. The van der Waals surface area contributed by atoms with Crippen molar-refractivity contribution >= 4 is 44.8 Å². The van der Waals surface area contributed by atoms with Gasteiger partial charge in [-0.25, -0.2) is 19.6 Å². The Morgan fingerprint density at radius 2 is 1.64 bits per heavy atom. The Morgan fingerprint density at radius 3 is 2.27 bits per heavy atom. The maximum Gasteiger partial charge on any atom is 0.413 e. The average Bonchev–Trinajstić information content (AvgIpc) is 3.64. The Kier molecular flexibility index (Phi) is 12.5. The van der Waals surface area contributed by atoms with Crippen LogP contribution >= 0.6 is 11.3 Å². The zero-order valence-electron chi connectivity index (χ0n) is 27.3. The molecule has 2 heterocycles. The summed E-state index contributed by atoms with van der Waals surface area (Å²) >= 11 is 1.39. The van der Waals surface area contributed by atoms with Crippen LogP contribution in [0.3, 0.4) is 0 Å². The maximum atomic E-state index is 12.8. The standard InChI is InChI=1S/C30H36N6O5S.C3H8/c1-7-14-36(25(37)17-32-28(38)40-6)18(2)26-31-16-23(33-26)20-10-8-19(9-11-20)21-12-13-22-24(15-21)42-27(34-22)35-29(39)41-30(3,4)5;1-3-2/h8-13,15-16,18H,7,14,17H2,1-6H3,(H,31,33)(H,32,38)(H,34,35,39);3H2,1-2H3. The van der Waals surface area contributed by atoms with E-state index in [-0.39, 0.29) is 18.5 Å². The molecule has 0 saturated carbocycles. The highest BCUT2D eigenvalue weighted by atomic mass is 32.1. The second kappa shape index (κ2) is 16.0. The van der Waals surface area contributed by atoms with Crippen molar-refractivity contribution in [3.05, 3.63) is 54.5 Å². The Balaban J connectivity index is 0.00000177. The van der Waals surface area contributed by atoms with E-state index < -0.39 is 17.8 Å². The van der Waals surface area contributed by atoms with E-state index in [9.17, 15) is 14.4 Å². The molecule has 0 aliphatic rings. The number of rotatable bonds is 9. The van der Waals surface area contributed by atoms with Gasteiger partial charge in [0.1, 0.15) is 18.0 Å². The van der Waals surface area contributed by atoms with Crippen LogP contribution in [0.25, 0.3) is 32.6 Å². The van der Waals surface area contributed by atoms with Gasteiger partial charge >= 0.3 is 12.2 Å². The molecule has 3 N–H and O–H groups in total. The number of H-pyrrole nitrogens is 1. The molecule has 11 nitrogen and oxygen atoms in total. The van der Waals surface area contributed by atoms with E-state index in [0.29, 0.717) is 17.5 Å². The third-order valence-corrected chi connectivity index (χ3v) is 7.27. The second-order valence-electron chi connectivity index (χ2n) is 11.4. The summed E-state index contributed by atoms with van der Waals surface area (Å²) in [4.78, 5) is 50.4. The number of aromatic amines is 1. The van der Waals surface area contributed by atoms with Gasteiger partial charge in [0.25, 0.3) is 0 Å². The first-order valence-corrected chi connectivity index (χ1v) is 15.9. The quantitative estimate of drug-likeness (QED) is 0.171. The van der Waals surface area contributed by atoms with Crippen molar-refractivity contribution in [3.8, 4) is 22.4 Å². The highest BCUT2D eigenvalue weighted by Crippen LogP contribution is 2.32. The molecule has 4 rings (SSSR count). The molecule has 0 radical (unpaired) electrons. The Hall–Kier alpha value is -4.45. The summed E-state index contributed by atoms with van der Waals surface area (Å²) in [6, 6.07) is 13.8. The lowest BCUT2D eigenvalue weighted by atomic mass is 10.0. The minimum atomic E-state index is -0.650. The first kappa shape index (κ1) is 35.0. The predicted octanol–water partition coefficient (Wildman–Crippen LogP) is 7.77. The van der Waals surface area contributed by atoms with Crippen molar-refractivity contribution in [2.24, 2.45) is 0 Å². The van der Waals surface area contributed by atoms with Crippen LogP contribution in [0.5, 0.6) is 0 Å². The summed E-state index contributed by atoms with van der Waals surface area (Å²) < 4.78 is 10.8. The molecule has 2 aromatic carbocycles. The number of benzene rings is 2.